The molecule has 0 amide bonds. The van der Waals surface area contributed by atoms with Crippen molar-refractivity contribution < 1.29 is 9.53 Å². The fourth-order valence-corrected chi connectivity index (χ4v) is 1.57. The van der Waals surface area contributed by atoms with Crippen LogP contribution >= 0.6 is 0 Å². The number of hydrogen-bond donors (Lipinski definition) is 0. The van der Waals surface area contributed by atoms with E-state index in [2.05, 4.69) is 18.8 Å². The molecule has 0 aliphatic rings. The Kier molecular flexibility index (Phi) is 4.96. The van der Waals surface area contributed by atoms with Crippen molar-refractivity contribution in [2.24, 2.45) is 5.92 Å². The average molecular weight is 221 g/mol. The first-order valence-electron chi connectivity index (χ1n) is 5.74. The molecule has 0 aliphatic carbocycles. The normalized spacial score (nSPS) is 12.2. The monoisotopic (exact) mass is 221 g/mol. The molecule has 88 valence electrons. The standard InChI is InChI=1S/C13H19NO2/c1-4-6-10(2)9-16-13-12(11(3)15)7-5-8-14-13/h5,7-8,10H,4,6,9H2,1-3H3. The highest BCUT2D eigenvalue weighted by atomic mass is 16.5. The molecular formula is C13H19NO2. The Morgan fingerprint density at radius 3 is 2.94 bits per heavy atom. The van der Waals surface area contributed by atoms with Gasteiger partial charge in [-0.1, -0.05) is 20.3 Å². The van der Waals surface area contributed by atoms with E-state index < -0.39 is 0 Å². The molecule has 1 atom stereocenters. The summed E-state index contributed by atoms with van der Waals surface area (Å²) < 4.78 is 5.58. The molecule has 0 radical (unpaired) electrons. The lowest BCUT2D eigenvalue weighted by Crippen LogP contribution is -2.11. The van der Waals surface area contributed by atoms with E-state index >= 15 is 0 Å². The molecule has 0 spiro atoms. The SMILES string of the molecule is CCCC(C)COc1ncccc1C(C)=O. The highest BCUT2D eigenvalue weighted by Crippen LogP contribution is 2.16. The van der Waals surface area contributed by atoms with E-state index in [4.69, 9.17) is 4.74 Å². The summed E-state index contributed by atoms with van der Waals surface area (Å²) in [6, 6.07) is 3.49. The molecule has 3 nitrogen and oxygen atoms in total. The first kappa shape index (κ1) is 12.7. The van der Waals surface area contributed by atoms with Gasteiger partial charge in [-0.05, 0) is 31.4 Å². The van der Waals surface area contributed by atoms with Gasteiger partial charge in [0.15, 0.2) is 5.78 Å². The van der Waals surface area contributed by atoms with Crippen molar-refractivity contribution in [3.05, 3.63) is 23.9 Å². The number of ether oxygens (including phenoxy) is 1. The summed E-state index contributed by atoms with van der Waals surface area (Å²) in [7, 11) is 0. The van der Waals surface area contributed by atoms with E-state index in [1.165, 1.54) is 6.92 Å². The Balaban J connectivity index is 2.63. The van der Waals surface area contributed by atoms with Crippen molar-refractivity contribution in [2.45, 2.75) is 33.6 Å². The number of pyridine rings is 1. The molecule has 0 N–H and O–H groups in total. The second-order valence-electron chi connectivity index (χ2n) is 4.12. The number of hydrogen-bond acceptors (Lipinski definition) is 3. The Hall–Kier alpha value is -1.38. The topological polar surface area (TPSA) is 39.2 Å². The Morgan fingerprint density at radius 1 is 1.56 bits per heavy atom. The third kappa shape index (κ3) is 3.65. The molecule has 0 bridgehead atoms. The lowest BCUT2D eigenvalue weighted by Gasteiger charge is -2.12. The van der Waals surface area contributed by atoms with Crippen LogP contribution in [-0.4, -0.2) is 17.4 Å². The fraction of sp³-hybridized carbons (Fsp3) is 0.538. The summed E-state index contributed by atoms with van der Waals surface area (Å²) in [5, 5.41) is 0. The van der Waals surface area contributed by atoms with Gasteiger partial charge in [0.1, 0.15) is 0 Å². The zero-order valence-electron chi connectivity index (χ0n) is 10.2. The molecule has 16 heavy (non-hydrogen) atoms. The second-order valence-corrected chi connectivity index (χ2v) is 4.12. The van der Waals surface area contributed by atoms with Crippen molar-refractivity contribution in [1.29, 1.82) is 0 Å². The number of nitrogens with zero attached hydrogens (tertiary/aromatic N) is 1. The van der Waals surface area contributed by atoms with Gasteiger partial charge in [0.05, 0.1) is 12.2 Å². The van der Waals surface area contributed by atoms with Crippen molar-refractivity contribution in [1.82, 2.24) is 4.98 Å². The molecule has 1 rings (SSSR count). The van der Waals surface area contributed by atoms with E-state index in [1.807, 2.05) is 0 Å². The van der Waals surface area contributed by atoms with Crippen LogP contribution in [-0.2, 0) is 0 Å². The van der Waals surface area contributed by atoms with Crippen LogP contribution in [0, 0.1) is 5.92 Å². The van der Waals surface area contributed by atoms with E-state index in [0.717, 1.165) is 12.8 Å². The predicted molar refractivity (Wildman–Crippen MR) is 63.8 cm³/mol. The van der Waals surface area contributed by atoms with Gasteiger partial charge in [0.25, 0.3) is 0 Å². The maximum atomic E-state index is 11.3. The Morgan fingerprint density at radius 2 is 2.31 bits per heavy atom. The Bertz CT molecular complexity index is 350. The number of ketones is 1. The van der Waals surface area contributed by atoms with Gasteiger partial charge in [-0.25, -0.2) is 4.98 Å². The van der Waals surface area contributed by atoms with Gasteiger partial charge in [0, 0.05) is 6.20 Å². The van der Waals surface area contributed by atoms with Crippen LogP contribution in [0.2, 0.25) is 0 Å². The van der Waals surface area contributed by atoms with Gasteiger partial charge in [-0.2, -0.15) is 0 Å². The molecule has 1 aromatic heterocycles. The highest BCUT2D eigenvalue weighted by Gasteiger charge is 2.10. The third-order valence-corrected chi connectivity index (χ3v) is 2.44. The largest absolute Gasteiger partial charge is 0.477 e. The Labute approximate surface area is 96.8 Å². The maximum Gasteiger partial charge on any atom is 0.224 e. The van der Waals surface area contributed by atoms with E-state index in [9.17, 15) is 4.79 Å². The molecule has 1 unspecified atom stereocenters. The molecule has 0 aliphatic heterocycles. The summed E-state index contributed by atoms with van der Waals surface area (Å²) in [5.74, 6) is 0.941. The number of aromatic nitrogens is 1. The zero-order valence-corrected chi connectivity index (χ0v) is 10.2. The minimum absolute atomic E-state index is 0.00811. The second kappa shape index (κ2) is 6.26. The molecule has 3 heteroatoms. The van der Waals surface area contributed by atoms with Crippen LogP contribution < -0.4 is 4.74 Å². The van der Waals surface area contributed by atoms with Crippen molar-refractivity contribution in [3.8, 4) is 5.88 Å². The molecule has 1 aromatic rings. The number of carbonyl (C=O) groups excluding carboxylic acids is 1. The van der Waals surface area contributed by atoms with Crippen LogP contribution in [0.4, 0.5) is 0 Å². The van der Waals surface area contributed by atoms with E-state index in [1.54, 1.807) is 18.3 Å². The maximum absolute atomic E-state index is 11.3. The van der Waals surface area contributed by atoms with Crippen molar-refractivity contribution >= 4 is 5.78 Å². The summed E-state index contributed by atoms with van der Waals surface area (Å²) >= 11 is 0. The number of carbonyl (C=O) groups is 1. The summed E-state index contributed by atoms with van der Waals surface area (Å²) in [6.45, 7) is 6.43. The number of rotatable bonds is 6. The van der Waals surface area contributed by atoms with Gasteiger partial charge >= 0.3 is 0 Å². The zero-order chi connectivity index (χ0) is 12.0. The molecular weight excluding hydrogens is 202 g/mol. The summed E-state index contributed by atoms with van der Waals surface area (Å²) in [4.78, 5) is 15.4. The van der Waals surface area contributed by atoms with Crippen LogP contribution in [0.3, 0.4) is 0 Å². The molecule has 0 saturated carbocycles. The van der Waals surface area contributed by atoms with Gasteiger partial charge < -0.3 is 4.74 Å². The quantitative estimate of drug-likeness (QED) is 0.693. The van der Waals surface area contributed by atoms with Crippen LogP contribution in [0.15, 0.2) is 18.3 Å². The number of Topliss-reactive ketones (excluding diaryl/α,β-unsaturated/α-hetero) is 1. The van der Waals surface area contributed by atoms with Crippen LogP contribution in [0.25, 0.3) is 0 Å². The van der Waals surface area contributed by atoms with Crippen molar-refractivity contribution in [3.63, 3.8) is 0 Å². The molecule has 0 fully saturated rings. The molecule has 0 aromatic carbocycles. The molecule has 1 heterocycles. The lowest BCUT2D eigenvalue weighted by atomic mass is 10.1. The summed E-state index contributed by atoms with van der Waals surface area (Å²) in [6.07, 6.45) is 3.92. The van der Waals surface area contributed by atoms with Gasteiger partial charge in [-0.15, -0.1) is 0 Å². The predicted octanol–water partition coefficient (Wildman–Crippen LogP) is 3.10. The van der Waals surface area contributed by atoms with E-state index in [0.29, 0.717) is 24.0 Å². The van der Waals surface area contributed by atoms with Crippen LogP contribution in [0.5, 0.6) is 5.88 Å². The molecule has 0 saturated heterocycles. The fourth-order valence-electron chi connectivity index (χ4n) is 1.57. The van der Waals surface area contributed by atoms with Gasteiger partial charge in [0.2, 0.25) is 5.88 Å². The first-order chi connectivity index (χ1) is 7.65. The average Bonchev–Trinajstić information content (AvgIpc) is 2.27. The van der Waals surface area contributed by atoms with Gasteiger partial charge in [-0.3, -0.25) is 4.79 Å². The van der Waals surface area contributed by atoms with Crippen molar-refractivity contribution in [2.75, 3.05) is 6.61 Å². The lowest BCUT2D eigenvalue weighted by molar-refractivity contribution is 0.101. The smallest absolute Gasteiger partial charge is 0.224 e. The third-order valence-electron chi connectivity index (χ3n) is 2.44. The minimum atomic E-state index is -0.00811. The minimum Gasteiger partial charge on any atom is -0.477 e. The summed E-state index contributed by atoms with van der Waals surface area (Å²) in [5.41, 5.74) is 0.561. The highest BCUT2D eigenvalue weighted by molar-refractivity contribution is 5.96. The van der Waals surface area contributed by atoms with Crippen LogP contribution in [0.1, 0.15) is 44.0 Å². The first-order valence-corrected chi connectivity index (χ1v) is 5.74. The van der Waals surface area contributed by atoms with E-state index in [-0.39, 0.29) is 5.78 Å².